The molecule has 3 fully saturated rings. The molecule has 4 rings (SSSR count). The van der Waals surface area contributed by atoms with E-state index in [0.717, 1.165) is 38.9 Å². The second-order valence-corrected chi connectivity index (χ2v) is 8.45. The summed E-state index contributed by atoms with van der Waals surface area (Å²) in [7, 11) is 0. The van der Waals surface area contributed by atoms with E-state index in [1.165, 1.54) is 0 Å². The van der Waals surface area contributed by atoms with E-state index in [-0.39, 0.29) is 23.3 Å². The fourth-order valence-corrected chi connectivity index (χ4v) is 4.40. The summed E-state index contributed by atoms with van der Waals surface area (Å²) in [6.45, 7) is 5.88. The third kappa shape index (κ3) is 3.09. The normalized spacial score (nSPS) is 33.3. The second kappa shape index (κ2) is 5.85. The molecule has 2 saturated carbocycles. The van der Waals surface area contributed by atoms with Gasteiger partial charge in [0.2, 0.25) is 0 Å². The van der Waals surface area contributed by atoms with Crippen LogP contribution >= 0.6 is 0 Å². The van der Waals surface area contributed by atoms with Gasteiger partial charge in [-0.15, -0.1) is 0 Å². The number of esters is 1. The van der Waals surface area contributed by atoms with Crippen molar-refractivity contribution in [2.24, 2.45) is 17.3 Å². The van der Waals surface area contributed by atoms with Crippen molar-refractivity contribution in [1.29, 1.82) is 0 Å². The fraction of sp³-hybridized carbons (Fsp3) is 0.650. The van der Waals surface area contributed by atoms with Gasteiger partial charge < -0.3 is 14.2 Å². The molecule has 0 bridgehead atoms. The summed E-state index contributed by atoms with van der Waals surface area (Å²) in [6.07, 6.45) is 3.77. The first-order chi connectivity index (χ1) is 11.4. The Kier molecular flexibility index (Phi) is 3.92. The van der Waals surface area contributed by atoms with Crippen molar-refractivity contribution in [2.45, 2.75) is 51.4 Å². The van der Waals surface area contributed by atoms with Gasteiger partial charge in [-0.1, -0.05) is 32.0 Å². The first-order valence-corrected chi connectivity index (χ1v) is 8.99. The van der Waals surface area contributed by atoms with Crippen LogP contribution in [0.3, 0.4) is 0 Å². The van der Waals surface area contributed by atoms with Gasteiger partial charge in [0.1, 0.15) is 6.10 Å². The van der Waals surface area contributed by atoms with Gasteiger partial charge in [0, 0.05) is 18.3 Å². The molecule has 24 heavy (non-hydrogen) atoms. The number of fused-ring (bicyclic) bond motifs is 1. The summed E-state index contributed by atoms with van der Waals surface area (Å²) >= 11 is 0. The van der Waals surface area contributed by atoms with E-state index in [9.17, 15) is 4.79 Å². The van der Waals surface area contributed by atoms with Crippen molar-refractivity contribution in [3.63, 3.8) is 0 Å². The second-order valence-electron chi connectivity index (χ2n) is 8.45. The molecule has 1 heterocycles. The molecule has 4 nitrogen and oxygen atoms in total. The maximum absolute atomic E-state index is 12.2. The van der Waals surface area contributed by atoms with E-state index in [1.54, 1.807) is 12.1 Å². The van der Waals surface area contributed by atoms with E-state index in [0.29, 0.717) is 17.4 Å². The number of rotatable bonds is 2. The smallest absolute Gasteiger partial charge is 0.338 e. The van der Waals surface area contributed by atoms with Crippen LogP contribution in [0.15, 0.2) is 30.3 Å². The highest BCUT2D eigenvalue weighted by atomic mass is 16.7. The van der Waals surface area contributed by atoms with E-state index in [1.807, 2.05) is 18.2 Å². The van der Waals surface area contributed by atoms with E-state index < -0.39 is 0 Å². The van der Waals surface area contributed by atoms with Gasteiger partial charge in [0.05, 0.1) is 18.8 Å². The fourth-order valence-electron chi connectivity index (χ4n) is 4.40. The minimum Gasteiger partial charge on any atom is -0.459 e. The first kappa shape index (κ1) is 16.1. The van der Waals surface area contributed by atoms with Crippen LogP contribution in [0.5, 0.6) is 0 Å². The Balaban J connectivity index is 1.33. The summed E-state index contributed by atoms with van der Waals surface area (Å²) in [5.74, 6) is 0.501. The highest BCUT2D eigenvalue weighted by Gasteiger charge is 2.54. The number of carbonyl (C=O) groups is 1. The quantitative estimate of drug-likeness (QED) is 0.774. The van der Waals surface area contributed by atoms with Crippen LogP contribution < -0.4 is 0 Å². The van der Waals surface area contributed by atoms with Gasteiger partial charge >= 0.3 is 5.97 Å². The molecule has 2 aliphatic carbocycles. The molecule has 1 spiro atoms. The maximum Gasteiger partial charge on any atom is 0.338 e. The molecule has 1 aromatic carbocycles. The zero-order chi connectivity index (χ0) is 16.8. The molecule has 130 valence electrons. The summed E-state index contributed by atoms with van der Waals surface area (Å²) in [5, 5.41) is 0. The lowest BCUT2D eigenvalue weighted by Crippen LogP contribution is -2.46. The highest BCUT2D eigenvalue weighted by Crippen LogP contribution is 2.53. The molecule has 0 N–H and O–H groups in total. The first-order valence-electron chi connectivity index (χ1n) is 8.99. The minimum atomic E-state index is -0.376. The van der Waals surface area contributed by atoms with Crippen LogP contribution in [0, 0.1) is 17.3 Å². The molecule has 1 aromatic rings. The standard InChI is InChI=1S/C20H26O4/c1-19(2)12-22-20(23-13-19)10-15-8-17(9-16(15)11-20)24-18(21)14-6-4-3-5-7-14/h3-7,15-17H,8-13H2,1-2H3. The van der Waals surface area contributed by atoms with Crippen LogP contribution in [0.4, 0.5) is 0 Å². The van der Waals surface area contributed by atoms with Crippen molar-refractivity contribution in [1.82, 2.24) is 0 Å². The Bertz CT molecular complexity index is 583. The van der Waals surface area contributed by atoms with Gasteiger partial charge in [-0.2, -0.15) is 0 Å². The Labute approximate surface area is 143 Å². The van der Waals surface area contributed by atoms with Crippen LogP contribution in [0.1, 0.15) is 49.9 Å². The third-order valence-electron chi connectivity index (χ3n) is 5.68. The van der Waals surface area contributed by atoms with Crippen molar-refractivity contribution in [2.75, 3.05) is 13.2 Å². The highest BCUT2D eigenvalue weighted by molar-refractivity contribution is 5.89. The van der Waals surface area contributed by atoms with E-state index in [4.69, 9.17) is 14.2 Å². The molecular weight excluding hydrogens is 304 g/mol. The number of carbonyl (C=O) groups excluding carboxylic acids is 1. The summed E-state index contributed by atoms with van der Waals surface area (Å²) < 4.78 is 18.0. The van der Waals surface area contributed by atoms with Gasteiger partial charge in [-0.05, 0) is 36.8 Å². The number of ether oxygens (including phenoxy) is 3. The third-order valence-corrected chi connectivity index (χ3v) is 5.68. The molecule has 2 unspecified atom stereocenters. The van der Waals surface area contributed by atoms with Crippen molar-refractivity contribution >= 4 is 5.97 Å². The summed E-state index contributed by atoms with van der Waals surface area (Å²) in [6, 6.07) is 9.24. The van der Waals surface area contributed by atoms with Crippen molar-refractivity contribution in [3.8, 4) is 0 Å². The topological polar surface area (TPSA) is 44.8 Å². The Morgan fingerprint density at radius 3 is 2.21 bits per heavy atom. The lowest BCUT2D eigenvalue weighted by atomic mass is 9.94. The molecule has 1 saturated heterocycles. The van der Waals surface area contributed by atoms with Gasteiger partial charge in [-0.25, -0.2) is 4.79 Å². The Morgan fingerprint density at radius 1 is 1.04 bits per heavy atom. The summed E-state index contributed by atoms with van der Waals surface area (Å²) in [5.41, 5.74) is 0.740. The predicted molar refractivity (Wildman–Crippen MR) is 89.5 cm³/mol. The monoisotopic (exact) mass is 330 g/mol. The van der Waals surface area contributed by atoms with Crippen molar-refractivity contribution < 1.29 is 19.0 Å². The largest absolute Gasteiger partial charge is 0.459 e. The van der Waals surface area contributed by atoms with Crippen LogP contribution in [0.2, 0.25) is 0 Å². The average Bonchev–Trinajstić information content (AvgIpc) is 3.07. The Hall–Kier alpha value is -1.39. The number of benzene rings is 1. The lowest BCUT2D eigenvalue weighted by molar-refractivity contribution is -0.297. The molecule has 3 aliphatic rings. The zero-order valence-corrected chi connectivity index (χ0v) is 14.5. The molecule has 0 amide bonds. The predicted octanol–water partition coefficient (Wildman–Crippen LogP) is 3.80. The molecular formula is C20H26O4. The van der Waals surface area contributed by atoms with Crippen LogP contribution in [0.25, 0.3) is 0 Å². The van der Waals surface area contributed by atoms with E-state index >= 15 is 0 Å². The summed E-state index contributed by atoms with van der Waals surface area (Å²) in [4.78, 5) is 12.2. The molecule has 0 aromatic heterocycles. The zero-order valence-electron chi connectivity index (χ0n) is 14.5. The average molecular weight is 330 g/mol. The lowest BCUT2D eigenvalue weighted by Gasteiger charge is -2.42. The minimum absolute atomic E-state index is 0.0325. The van der Waals surface area contributed by atoms with Gasteiger partial charge in [0.25, 0.3) is 0 Å². The molecule has 4 heteroatoms. The molecule has 2 atom stereocenters. The van der Waals surface area contributed by atoms with E-state index in [2.05, 4.69) is 13.8 Å². The van der Waals surface area contributed by atoms with Crippen LogP contribution in [-0.4, -0.2) is 31.1 Å². The SMILES string of the molecule is CC1(C)COC2(CC3CC(OC(=O)c4ccccc4)CC3C2)OC1. The number of hydrogen-bond donors (Lipinski definition) is 0. The van der Waals surface area contributed by atoms with Crippen molar-refractivity contribution in [3.05, 3.63) is 35.9 Å². The van der Waals surface area contributed by atoms with Crippen LogP contribution in [-0.2, 0) is 14.2 Å². The molecule has 1 aliphatic heterocycles. The Morgan fingerprint density at radius 2 is 1.62 bits per heavy atom. The molecule has 0 radical (unpaired) electrons. The number of hydrogen-bond acceptors (Lipinski definition) is 4. The van der Waals surface area contributed by atoms with Gasteiger partial charge in [0.15, 0.2) is 5.79 Å². The van der Waals surface area contributed by atoms with Gasteiger partial charge in [-0.3, -0.25) is 0 Å². The maximum atomic E-state index is 12.2.